The minimum absolute atomic E-state index is 0.210. The quantitative estimate of drug-likeness (QED) is 0.741. The molecule has 0 radical (unpaired) electrons. The van der Waals surface area contributed by atoms with Crippen LogP contribution in [0.4, 0.5) is 0 Å². The molecule has 0 bridgehead atoms. The lowest BCUT2D eigenvalue weighted by atomic mass is 10.1. The van der Waals surface area contributed by atoms with E-state index in [0.29, 0.717) is 5.78 Å². The van der Waals surface area contributed by atoms with Crippen molar-refractivity contribution in [1.82, 2.24) is 0 Å². The first-order chi connectivity index (χ1) is 5.77. The van der Waals surface area contributed by atoms with E-state index in [-0.39, 0.29) is 5.92 Å². The van der Waals surface area contributed by atoms with Crippen molar-refractivity contribution < 1.29 is 4.79 Å². The molecule has 0 saturated heterocycles. The van der Waals surface area contributed by atoms with Crippen molar-refractivity contribution >= 4 is 33.0 Å². The number of Topliss-reactive ketones (excluding diaryl/α,β-unsaturated/α-hetero) is 1. The predicted molar refractivity (Wildman–Crippen MR) is 53.6 cm³/mol. The van der Waals surface area contributed by atoms with Gasteiger partial charge in [-0.2, -0.15) is 0 Å². The molecule has 2 rings (SSSR count). The minimum Gasteiger partial charge on any atom is -0.299 e. The zero-order valence-electron chi connectivity index (χ0n) is 6.55. The Kier molecular flexibility index (Phi) is 2.33. The van der Waals surface area contributed by atoms with E-state index in [1.165, 1.54) is 4.88 Å². The molecular weight excluding hydrogens is 236 g/mol. The molecule has 0 spiro atoms. The van der Waals surface area contributed by atoms with Crippen LogP contribution in [-0.4, -0.2) is 5.78 Å². The molecule has 0 amide bonds. The number of thiophene rings is 1. The van der Waals surface area contributed by atoms with Gasteiger partial charge in [0.1, 0.15) is 5.78 Å². The Morgan fingerprint density at radius 2 is 2.33 bits per heavy atom. The fourth-order valence-electron chi connectivity index (χ4n) is 1.63. The SMILES string of the molecule is O=C1CCCC1c1ccc(Br)s1. The predicted octanol–water partition coefficient (Wildman–Crippen LogP) is 3.35. The molecule has 12 heavy (non-hydrogen) atoms. The summed E-state index contributed by atoms with van der Waals surface area (Å²) in [6.07, 6.45) is 2.89. The molecule has 1 aromatic rings. The fourth-order valence-corrected chi connectivity index (χ4v) is 3.21. The van der Waals surface area contributed by atoms with Crippen molar-refractivity contribution in [2.45, 2.75) is 25.2 Å². The van der Waals surface area contributed by atoms with Crippen LogP contribution in [0.2, 0.25) is 0 Å². The van der Waals surface area contributed by atoms with Gasteiger partial charge in [-0.3, -0.25) is 4.79 Å². The summed E-state index contributed by atoms with van der Waals surface area (Å²) in [6.45, 7) is 0. The van der Waals surface area contributed by atoms with Crippen LogP contribution in [0.1, 0.15) is 30.1 Å². The van der Waals surface area contributed by atoms with Crippen molar-refractivity contribution in [3.63, 3.8) is 0 Å². The lowest BCUT2D eigenvalue weighted by Gasteiger charge is -2.02. The Morgan fingerprint density at radius 3 is 2.83 bits per heavy atom. The monoisotopic (exact) mass is 244 g/mol. The molecule has 1 aliphatic carbocycles. The third-order valence-corrected chi connectivity index (χ3v) is 3.98. The van der Waals surface area contributed by atoms with E-state index in [1.807, 2.05) is 6.07 Å². The van der Waals surface area contributed by atoms with Gasteiger partial charge in [-0.05, 0) is 40.9 Å². The number of hydrogen-bond donors (Lipinski definition) is 0. The molecule has 0 N–H and O–H groups in total. The first-order valence-corrected chi connectivity index (χ1v) is 5.66. The van der Waals surface area contributed by atoms with Crippen molar-refractivity contribution in [2.75, 3.05) is 0 Å². The first kappa shape index (κ1) is 8.45. The Bertz CT molecular complexity index is 305. The van der Waals surface area contributed by atoms with Gasteiger partial charge in [0.15, 0.2) is 0 Å². The van der Waals surface area contributed by atoms with E-state index < -0.39 is 0 Å². The number of ketones is 1. The highest BCUT2D eigenvalue weighted by atomic mass is 79.9. The smallest absolute Gasteiger partial charge is 0.141 e. The van der Waals surface area contributed by atoms with Crippen LogP contribution in [0.15, 0.2) is 15.9 Å². The van der Waals surface area contributed by atoms with Crippen LogP contribution in [-0.2, 0) is 4.79 Å². The highest BCUT2D eigenvalue weighted by Crippen LogP contribution is 2.36. The topological polar surface area (TPSA) is 17.1 Å². The van der Waals surface area contributed by atoms with Gasteiger partial charge in [-0.15, -0.1) is 11.3 Å². The lowest BCUT2D eigenvalue weighted by Crippen LogP contribution is -2.01. The van der Waals surface area contributed by atoms with E-state index in [4.69, 9.17) is 0 Å². The molecule has 1 saturated carbocycles. The molecule has 1 nitrogen and oxygen atoms in total. The van der Waals surface area contributed by atoms with Crippen molar-refractivity contribution in [2.24, 2.45) is 0 Å². The van der Waals surface area contributed by atoms with Crippen LogP contribution >= 0.6 is 27.3 Å². The van der Waals surface area contributed by atoms with E-state index in [2.05, 4.69) is 22.0 Å². The van der Waals surface area contributed by atoms with Crippen molar-refractivity contribution in [1.29, 1.82) is 0 Å². The highest BCUT2D eigenvalue weighted by molar-refractivity contribution is 9.11. The summed E-state index contributed by atoms with van der Waals surface area (Å²) >= 11 is 5.09. The second-order valence-corrected chi connectivity index (χ2v) is 5.55. The summed E-state index contributed by atoms with van der Waals surface area (Å²) in [6, 6.07) is 4.08. The summed E-state index contributed by atoms with van der Waals surface area (Å²) in [5.41, 5.74) is 0. The highest BCUT2D eigenvalue weighted by Gasteiger charge is 2.26. The number of carbonyl (C=O) groups is 1. The second-order valence-electron chi connectivity index (χ2n) is 3.05. The van der Waals surface area contributed by atoms with Gasteiger partial charge < -0.3 is 0 Å². The van der Waals surface area contributed by atoms with Crippen LogP contribution in [0.3, 0.4) is 0 Å². The number of rotatable bonds is 1. The van der Waals surface area contributed by atoms with E-state index in [0.717, 1.165) is 23.0 Å². The average molecular weight is 245 g/mol. The molecule has 1 fully saturated rings. The van der Waals surface area contributed by atoms with E-state index >= 15 is 0 Å². The molecule has 0 aromatic carbocycles. The maximum absolute atomic E-state index is 11.4. The van der Waals surface area contributed by atoms with E-state index in [1.54, 1.807) is 11.3 Å². The molecule has 3 heteroatoms. The van der Waals surface area contributed by atoms with Gasteiger partial charge in [0.2, 0.25) is 0 Å². The van der Waals surface area contributed by atoms with Crippen LogP contribution in [0, 0.1) is 0 Å². The standard InChI is InChI=1S/C9H9BrOS/c10-9-5-4-8(12-9)6-2-1-3-7(6)11/h4-6H,1-3H2. The fraction of sp³-hybridized carbons (Fsp3) is 0.444. The molecule has 0 aliphatic heterocycles. The summed E-state index contributed by atoms with van der Waals surface area (Å²) in [5.74, 6) is 0.630. The Balaban J connectivity index is 2.24. The van der Waals surface area contributed by atoms with Gasteiger partial charge in [0.05, 0.1) is 9.70 Å². The van der Waals surface area contributed by atoms with Gasteiger partial charge >= 0.3 is 0 Å². The third kappa shape index (κ3) is 1.48. The average Bonchev–Trinajstić information content (AvgIpc) is 2.58. The second kappa shape index (κ2) is 3.30. The van der Waals surface area contributed by atoms with Gasteiger partial charge in [-0.1, -0.05) is 0 Å². The third-order valence-electron chi connectivity index (χ3n) is 2.24. The van der Waals surface area contributed by atoms with Crippen LogP contribution in [0.5, 0.6) is 0 Å². The first-order valence-electron chi connectivity index (χ1n) is 4.05. The Morgan fingerprint density at radius 1 is 1.50 bits per heavy atom. The molecular formula is C9H9BrOS. The maximum Gasteiger partial charge on any atom is 0.141 e. The normalized spacial score (nSPS) is 23.4. The summed E-state index contributed by atoms with van der Waals surface area (Å²) in [7, 11) is 0. The van der Waals surface area contributed by atoms with Gasteiger partial charge in [-0.25, -0.2) is 0 Å². The van der Waals surface area contributed by atoms with Gasteiger partial charge in [0, 0.05) is 11.3 Å². The number of carbonyl (C=O) groups excluding carboxylic acids is 1. The molecule has 1 unspecified atom stereocenters. The van der Waals surface area contributed by atoms with Crippen molar-refractivity contribution in [3.8, 4) is 0 Å². The zero-order valence-corrected chi connectivity index (χ0v) is 8.95. The molecule has 64 valence electrons. The summed E-state index contributed by atoms with van der Waals surface area (Å²) < 4.78 is 1.12. The number of halogens is 1. The van der Waals surface area contributed by atoms with Crippen LogP contribution < -0.4 is 0 Å². The van der Waals surface area contributed by atoms with Gasteiger partial charge in [0.25, 0.3) is 0 Å². The largest absolute Gasteiger partial charge is 0.299 e. The molecule has 1 aliphatic rings. The zero-order chi connectivity index (χ0) is 8.55. The minimum atomic E-state index is 0.210. The molecule has 1 heterocycles. The number of hydrogen-bond acceptors (Lipinski definition) is 2. The van der Waals surface area contributed by atoms with E-state index in [9.17, 15) is 4.79 Å². The Hall–Kier alpha value is -0.150. The van der Waals surface area contributed by atoms with Crippen molar-refractivity contribution in [3.05, 3.63) is 20.8 Å². The summed E-state index contributed by atoms with van der Waals surface area (Å²) in [5, 5.41) is 0. The molecule has 1 aromatic heterocycles. The maximum atomic E-state index is 11.4. The Labute approximate surface area is 83.9 Å². The molecule has 1 atom stereocenters. The van der Waals surface area contributed by atoms with Crippen LogP contribution in [0.25, 0.3) is 0 Å². The summed E-state index contributed by atoms with van der Waals surface area (Å²) in [4.78, 5) is 12.6. The lowest BCUT2D eigenvalue weighted by molar-refractivity contribution is -0.118.